The van der Waals surface area contributed by atoms with E-state index in [1.807, 2.05) is 19.1 Å². The van der Waals surface area contributed by atoms with E-state index in [-0.39, 0.29) is 23.2 Å². The molecule has 10 nitrogen and oxygen atoms in total. The lowest BCUT2D eigenvalue weighted by atomic mass is 10.2. The van der Waals surface area contributed by atoms with Crippen LogP contribution in [0.5, 0.6) is 0 Å². The van der Waals surface area contributed by atoms with E-state index < -0.39 is 6.04 Å². The number of carbonyl (C=O) groups excluding carboxylic acids is 1. The fourth-order valence-electron chi connectivity index (χ4n) is 2.13. The summed E-state index contributed by atoms with van der Waals surface area (Å²) in [5.74, 6) is 0.181. The quantitative estimate of drug-likeness (QED) is 0.725. The Hall–Kier alpha value is -3.05. The molecule has 0 radical (unpaired) electrons. The summed E-state index contributed by atoms with van der Waals surface area (Å²) in [5.41, 5.74) is 6.09. The van der Waals surface area contributed by atoms with Crippen LogP contribution < -0.4 is 11.1 Å². The number of nitrogens with two attached hydrogens (primary N) is 1. The zero-order valence-corrected chi connectivity index (χ0v) is 13.9. The number of nitrogen functional groups attached to an aromatic ring is 1. The zero-order chi connectivity index (χ0) is 17.7. The maximum atomic E-state index is 12.7. The largest absolute Gasteiger partial charge is 0.368 e. The van der Waals surface area contributed by atoms with Gasteiger partial charge in [0.2, 0.25) is 11.9 Å². The molecule has 0 saturated heterocycles. The third-order valence-corrected chi connectivity index (χ3v) is 4.07. The van der Waals surface area contributed by atoms with E-state index in [0.29, 0.717) is 17.4 Å². The smallest absolute Gasteiger partial charge is 0.248 e. The van der Waals surface area contributed by atoms with Crippen LogP contribution in [0, 0.1) is 22.7 Å². The van der Waals surface area contributed by atoms with Crippen LogP contribution in [0.3, 0.4) is 0 Å². The maximum absolute atomic E-state index is 12.7. The first-order chi connectivity index (χ1) is 11.5. The Morgan fingerprint density at radius 2 is 2.25 bits per heavy atom. The highest BCUT2D eigenvalue weighted by molar-refractivity contribution is 7.99. The number of carbonyl (C=O) groups is 1. The first-order valence-electron chi connectivity index (χ1n) is 6.96. The van der Waals surface area contributed by atoms with Crippen LogP contribution in [-0.2, 0) is 11.8 Å². The van der Waals surface area contributed by atoms with Gasteiger partial charge in [-0.25, -0.2) is 0 Å². The van der Waals surface area contributed by atoms with Crippen LogP contribution in [0.15, 0.2) is 11.4 Å². The van der Waals surface area contributed by atoms with Crippen molar-refractivity contribution in [2.24, 2.45) is 7.05 Å². The number of hydrogen-bond acceptors (Lipinski definition) is 8. The Bertz CT molecular complexity index is 826. The molecule has 0 fully saturated rings. The summed E-state index contributed by atoms with van der Waals surface area (Å²) in [6.07, 6.45) is 1.80. The van der Waals surface area contributed by atoms with Crippen LogP contribution in [0.4, 0.5) is 11.8 Å². The average Bonchev–Trinajstić information content (AvgIpc) is 3.10. The second-order valence-electron chi connectivity index (χ2n) is 4.71. The monoisotopic (exact) mass is 345 g/mol. The van der Waals surface area contributed by atoms with E-state index in [2.05, 4.69) is 20.6 Å². The summed E-state index contributed by atoms with van der Waals surface area (Å²) in [6, 6.07) is 3.28. The normalized spacial score (nSPS) is 11.5. The fourth-order valence-corrected chi connectivity index (χ4v) is 2.78. The molecule has 0 saturated carbocycles. The van der Waals surface area contributed by atoms with Gasteiger partial charge in [0.25, 0.3) is 0 Å². The fraction of sp³-hybridized carbons (Fsp3) is 0.385. The molecule has 0 bridgehead atoms. The number of anilines is 2. The van der Waals surface area contributed by atoms with E-state index in [4.69, 9.17) is 16.3 Å². The van der Waals surface area contributed by atoms with Crippen molar-refractivity contribution in [3.05, 3.63) is 11.8 Å². The van der Waals surface area contributed by atoms with Crippen LogP contribution in [0.25, 0.3) is 0 Å². The molecule has 1 atom stereocenters. The molecule has 2 heterocycles. The lowest BCUT2D eigenvalue weighted by molar-refractivity contribution is -0.119. The van der Waals surface area contributed by atoms with Crippen molar-refractivity contribution < 1.29 is 4.79 Å². The van der Waals surface area contributed by atoms with Crippen molar-refractivity contribution in [3.63, 3.8) is 0 Å². The van der Waals surface area contributed by atoms with Crippen molar-refractivity contribution in [2.75, 3.05) is 16.8 Å². The number of amides is 1. The predicted octanol–water partition coefficient (Wildman–Crippen LogP) is 0.671. The summed E-state index contributed by atoms with van der Waals surface area (Å²) < 4.78 is 2.89. The third-order valence-electron chi connectivity index (χ3n) is 3.26. The molecule has 3 N–H and O–H groups in total. The highest BCUT2D eigenvalue weighted by Gasteiger charge is 2.26. The van der Waals surface area contributed by atoms with Crippen molar-refractivity contribution in [1.29, 1.82) is 10.5 Å². The third kappa shape index (κ3) is 3.31. The molecule has 0 aliphatic rings. The number of rotatable bonds is 6. The SMILES string of the molecule is CCC(C(=O)Nc1c(C#N)cnn1C)n1c(N)nnc1SCC#N. The van der Waals surface area contributed by atoms with Crippen molar-refractivity contribution in [1.82, 2.24) is 24.5 Å². The summed E-state index contributed by atoms with van der Waals surface area (Å²) in [5, 5.41) is 32.5. The topological polar surface area (TPSA) is 151 Å². The molecule has 124 valence electrons. The molecule has 24 heavy (non-hydrogen) atoms. The molecule has 0 aliphatic heterocycles. The van der Waals surface area contributed by atoms with E-state index in [0.717, 1.165) is 11.8 Å². The molecule has 1 amide bonds. The number of thioether (sulfide) groups is 1. The molecule has 2 aromatic rings. The molecule has 2 aromatic heterocycles. The number of aryl methyl sites for hydroxylation is 1. The zero-order valence-electron chi connectivity index (χ0n) is 13.1. The van der Waals surface area contributed by atoms with Gasteiger partial charge in [-0.05, 0) is 6.42 Å². The number of hydrogen-bond donors (Lipinski definition) is 2. The highest BCUT2D eigenvalue weighted by Crippen LogP contribution is 2.26. The summed E-state index contributed by atoms with van der Waals surface area (Å²) in [6.45, 7) is 1.82. The second kappa shape index (κ2) is 7.48. The maximum Gasteiger partial charge on any atom is 0.248 e. The van der Waals surface area contributed by atoms with Gasteiger partial charge < -0.3 is 11.1 Å². The van der Waals surface area contributed by atoms with Crippen LogP contribution in [-0.4, -0.2) is 36.2 Å². The van der Waals surface area contributed by atoms with Crippen LogP contribution in [0.1, 0.15) is 24.9 Å². The molecule has 11 heteroatoms. The van der Waals surface area contributed by atoms with Crippen molar-refractivity contribution >= 4 is 29.4 Å². The molecule has 0 aliphatic carbocycles. The average molecular weight is 345 g/mol. The minimum absolute atomic E-state index is 0.0861. The minimum atomic E-state index is -0.678. The Labute approximate surface area is 142 Å². The van der Waals surface area contributed by atoms with Crippen molar-refractivity contribution in [3.8, 4) is 12.1 Å². The Morgan fingerprint density at radius 3 is 2.88 bits per heavy atom. The van der Waals surface area contributed by atoms with Gasteiger partial charge in [0.05, 0.1) is 18.0 Å². The summed E-state index contributed by atoms with van der Waals surface area (Å²) >= 11 is 1.15. The number of nitriles is 2. The first-order valence-corrected chi connectivity index (χ1v) is 7.95. The molecule has 1 unspecified atom stereocenters. The summed E-state index contributed by atoms with van der Waals surface area (Å²) in [7, 11) is 1.62. The van der Waals surface area contributed by atoms with E-state index in [1.165, 1.54) is 15.4 Å². The van der Waals surface area contributed by atoms with Gasteiger partial charge in [-0.15, -0.1) is 10.2 Å². The highest BCUT2D eigenvalue weighted by atomic mass is 32.2. The standard InChI is InChI=1S/C13H15N9OS/c1-3-9(22-12(16)19-20-13(22)24-5-4-14)11(23)18-10-8(6-15)7-17-21(10)2/h7,9H,3,5H2,1-2H3,(H2,16,19)(H,18,23). The van der Waals surface area contributed by atoms with Gasteiger partial charge in [-0.3, -0.25) is 14.0 Å². The van der Waals surface area contributed by atoms with Crippen LogP contribution >= 0.6 is 11.8 Å². The van der Waals surface area contributed by atoms with Gasteiger partial charge in [-0.2, -0.15) is 15.6 Å². The predicted molar refractivity (Wildman–Crippen MR) is 86.7 cm³/mol. The van der Waals surface area contributed by atoms with Gasteiger partial charge >= 0.3 is 0 Å². The van der Waals surface area contributed by atoms with Gasteiger partial charge in [0.15, 0.2) is 5.16 Å². The first kappa shape index (κ1) is 17.3. The van der Waals surface area contributed by atoms with E-state index >= 15 is 0 Å². The van der Waals surface area contributed by atoms with E-state index in [1.54, 1.807) is 7.05 Å². The summed E-state index contributed by atoms with van der Waals surface area (Å²) in [4.78, 5) is 12.7. The van der Waals surface area contributed by atoms with Crippen molar-refractivity contribution in [2.45, 2.75) is 24.5 Å². The Kier molecular flexibility index (Phi) is 5.39. The van der Waals surface area contributed by atoms with E-state index in [9.17, 15) is 4.79 Å². The van der Waals surface area contributed by atoms with Gasteiger partial charge in [-0.1, -0.05) is 18.7 Å². The Balaban J connectivity index is 2.30. The van der Waals surface area contributed by atoms with Gasteiger partial charge in [0.1, 0.15) is 23.5 Å². The number of nitrogens with zero attached hydrogens (tertiary/aromatic N) is 7. The Morgan fingerprint density at radius 1 is 1.50 bits per heavy atom. The number of aromatic nitrogens is 5. The van der Waals surface area contributed by atoms with Gasteiger partial charge in [0, 0.05) is 7.05 Å². The minimum Gasteiger partial charge on any atom is -0.368 e. The molecular weight excluding hydrogens is 330 g/mol. The van der Waals surface area contributed by atoms with Crippen LogP contribution in [0.2, 0.25) is 0 Å². The molecule has 0 aromatic carbocycles. The number of nitrogens with one attached hydrogen (secondary N) is 1. The molecule has 2 rings (SSSR count). The lowest BCUT2D eigenvalue weighted by Gasteiger charge is -2.18. The lowest BCUT2D eigenvalue weighted by Crippen LogP contribution is -2.28. The molecular formula is C13H15N9OS. The second-order valence-corrected chi connectivity index (χ2v) is 5.66. The molecule has 0 spiro atoms.